The molecule has 2 aromatic rings. The molecule has 24 heavy (non-hydrogen) atoms. The second-order valence-corrected chi connectivity index (χ2v) is 7.24. The van der Waals surface area contributed by atoms with Crippen molar-refractivity contribution in [2.45, 2.75) is 13.5 Å². The molecule has 6 nitrogen and oxygen atoms in total. The number of likely N-dealkylation sites (tertiary alicyclic amines) is 1. The molecule has 1 aromatic heterocycles. The standard InChI is InChI=1S/C17H20IN5O/c1-11-8-23(9-12-5-3-2-4-6-12)10-13(11)15(19)22-16(24)14-7-20-17(18)21-14/h2-7,11,13H,8-10H2,1H3,(H,20,21)(H2,19,22,24). The van der Waals surface area contributed by atoms with Crippen LogP contribution in [0.1, 0.15) is 23.0 Å². The van der Waals surface area contributed by atoms with E-state index in [1.54, 1.807) is 0 Å². The molecule has 2 heterocycles. The normalized spacial score (nSPS) is 20.9. The summed E-state index contributed by atoms with van der Waals surface area (Å²) in [4.78, 5) is 21.4. The number of amides is 1. The zero-order valence-corrected chi connectivity index (χ0v) is 15.6. The Bertz CT molecular complexity index is 730. The number of hydrogen-bond donors (Lipinski definition) is 3. The Labute approximate surface area is 154 Å². The third-order valence-corrected chi connectivity index (χ3v) is 4.89. The van der Waals surface area contributed by atoms with Gasteiger partial charge < -0.3 is 10.3 Å². The molecule has 0 radical (unpaired) electrons. The molecule has 1 amide bonds. The van der Waals surface area contributed by atoms with Crippen LogP contribution in [0.3, 0.4) is 0 Å². The van der Waals surface area contributed by atoms with Gasteiger partial charge in [0.2, 0.25) is 0 Å². The van der Waals surface area contributed by atoms with Crippen LogP contribution < -0.4 is 5.32 Å². The molecule has 0 spiro atoms. The van der Waals surface area contributed by atoms with Crippen LogP contribution in [-0.4, -0.2) is 39.7 Å². The van der Waals surface area contributed by atoms with Gasteiger partial charge in [0, 0.05) is 25.6 Å². The highest BCUT2D eigenvalue weighted by Crippen LogP contribution is 2.25. The smallest absolute Gasteiger partial charge is 0.274 e. The quantitative estimate of drug-likeness (QED) is 0.391. The van der Waals surface area contributed by atoms with Crippen molar-refractivity contribution in [3.05, 3.63) is 51.6 Å². The van der Waals surface area contributed by atoms with Crippen molar-refractivity contribution in [1.82, 2.24) is 20.2 Å². The van der Waals surface area contributed by atoms with Crippen molar-refractivity contribution in [2.75, 3.05) is 13.1 Å². The number of imidazole rings is 1. The summed E-state index contributed by atoms with van der Waals surface area (Å²) in [5.74, 6) is 0.361. The summed E-state index contributed by atoms with van der Waals surface area (Å²) in [5.41, 5.74) is 1.66. The molecule has 1 saturated heterocycles. The lowest BCUT2D eigenvalue weighted by Gasteiger charge is -2.17. The highest BCUT2D eigenvalue weighted by Gasteiger charge is 2.33. The lowest BCUT2D eigenvalue weighted by Crippen LogP contribution is -2.38. The van der Waals surface area contributed by atoms with Crippen LogP contribution in [0, 0.1) is 21.1 Å². The predicted octanol–water partition coefficient (Wildman–Crippen LogP) is 2.49. The van der Waals surface area contributed by atoms with E-state index in [2.05, 4.69) is 39.2 Å². The predicted molar refractivity (Wildman–Crippen MR) is 101 cm³/mol. The summed E-state index contributed by atoms with van der Waals surface area (Å²) in [7, 11) is 0. The summed E-state index contributed by atoms with van der Waals surface area (Å²) >= 11 is 2.02. The molecule has 3 rings (SSSR count). The Balaban J connectivity index is 1.58. The van der Waals surface area contributed by atoms with Gasteiger partial charge in [-0.3, -0.25) is 15.1 Å². The van der Waals surface area contributed by atoms with Gasteiger partial charge in [0.1, 0.15) is 11.5 Å². The summed E-state index contributed by atoms with van der Waals surface area (Å²) in [5, 5.41) is 11.0. The van der Waals surface area contributed by atoms with E-state index < -0.39 is 0 Å². The Morgan fingerprint density at radius 1 is 1.42 bits per heavy atom. The van der Waals surface area contributed by atoms with E-state index in [0.29, 0.717) is 15.4 Å². The van der Waals surface area contributed by atoms with Crippen LogP contribution in [0.15, 0.2) is 36.5 Å². The van der Waals surface area contributed by atoms with E-state index in [-0.39, 0.29) is 17.7 Å². The minimum Gasteiger partial charge on any atom is -0.329 e. The first-order valence-corrected chi connectivity index (χ1v) is 8.97. The number of halogens is 1. The molecule has 0 bridgehead atoms. The first-order valence-electron chi connectivity index (χ1n) is 7.89. The zero-order valence-electron chi connectivity index (χ0n) is 13.4. The Morgan fingerprint density at radius 2 is 2.17 bits per heavy atom. The second-order valence-electron chi connectivity index (χ2n) is 6.22. The number of nitrogens with zero attached hydrogens (tertiary/aromatic N) is 2. The maximum atomic E-state index is 12.2. The van der Waals surface area contributed by atoms with Gasteiger partial charge in [0.05, 0.1) is 6.20 Å². The molecular formula is C17H20IN5O. The number of aromatic amines is 1. The third kappa shape index (κ3) is 4.02. The van der Waals surface area contributed by atoms with E-state index in [4.69, 9.17) is 5.41 Å². The van der Waals surface area contributed by atoms with Gasteiger partial charge in [0.15, 0.2) is 3.83 Å². The van der Waals surface area contributed by atoms with Gasteiger partial charge in [0.25, 0.3) is 5.91 Å². The molecular weight excluding hydrogens is 417 g/mol. The second kappa shape index (κ2) is 7.43. The average Bonchev–Trinajstić information content (AvgIpc) is 3.14. The molecule has 1 aliphatic rings. The van der Waals surface area contributed by atoms with Gasteiger partial charge in [-0.1, -0.05) is 37.3 Å². The van der Waals surface area contributed by atoms with Crippen molar-refractivity contribution < 1.29 is 4.79 Å². The number of benzene rings is 1. The summed E-state index contributed by atoms with van der Waals surface area (Å²) in [6, 6.07) is 10.3. The van der Waals surface area contributed by atoms with Crippen LogP contribution in [-0.2, 0) is 6.54 Å². The maximum Gasteiger partial charge on any atom is 0.274 e. The Hall–Kier alpha value is -1.74. The van der Waals surface area contributed by atoms with E-state index in [1.807, 2.05) is 40.8 Å². The van der Waals surface area contributed by atoms with E-state index >= 15 is 0 Å². The molecule has 7 heteroatoms. The molecule has 2 atom stereocenters. The maximum absolute atomic E-state index is 12.2. The SMILES string of the molecule is CC1CN(Cc2ccccc2)CC1C(=N)NC(=O)c1cnc(I)[nH]1. The minimum absolute atomic E-state index is 0.0413. The summed E-state index contributed by atoms with van der Waals surface area (Å²) < 4.78 is 0.660. The van der Waals surface area contributed by atoms with E-state index in [0.717, 1.165) is 19.6 Å². The van der Waals surface area contributed by atoms with Crippen molar-refractivity contribution in [2.24, 2.45) is 11.8 Å². The number of rotatable bonds is 4. The number of carbonyl (C=O) groups is 1. The van der Waals surface area contributed by atoms with Gasteiger partial charge in [-0.05, 0) is 34.1 Å². The van der Waals surface area contributed by atoms with Crippen molar-refractivity contribution >= 4 is 34.3 Å². The summed E-state index contributed by atoms with van der Waals surface area (Å²) in [6.07, 6.45) is 1.49. The highest BCUT2D eigenvalue weighted by molar-refractivity contribution is 14.1. The van der Waals surface area contributed by atoms with E-state index in [1.165, 1.54) is 11.8 Å². The molecule has 126 valence electrons. The number of amidine groups is 1. The largest absolute Gasteiger partial charge is 0.329 e. The molecule has 1 aliphatic heterocycles. The third-order valence-electron chi connectivity index (χ3n) is 4.35. The van der Waals surface area contributed by atoms with Crippen LogP contribution in [0.4, 0.5) is 0 Å². The highest BCUT2D eigenvalue weighted by atomic mass is 127. The van der Waals surface area contributed by atoms with Crippen molar-refractivity contribution in [3.8, 4) is 0 Å². The molecule has 2 unspecified atom stereocenters. The molecule has 1 fully saturated rings. The van der Waals surface area contributed by atoms with Gasteiger partial charge in [-0.2, -0.15) is 0 Å². The number of carbonyl (C=O) groups excluding carboxylic acids is 1. The first kappa shape index (κ1) is 17.1. The molecule has 0 saturated carbocycles. The lowest BCUT2D eigenvalue weighted by atomic mass is 9.97. The van der Waals surface area contributed by atoms with E-state index in [9.17, 15) is 4.79 Å². The number of H-pyrrole nitrogens is 1. The van der Waals surface area contributed by atoms with Crippen LogP contribution in [0.2, 0.25) is 0 Å². The van der Waals surface area contributed by atoms with Crippen molar-refractivity contribution in [3.63, 3.8) is 0 Å². The Morgan fingerprint density at radius 3 is 2.83 bits per heavy atom. The fourth-order valence-corrected chi connectivity index (χ4v) is 3.54. The fraction of sp³-hybridized carbons (Fsp3) is 0.353. The van der Waals surface area contributed by atoms with Gasteiger partial charge in [-0.15, -0.1) is 0 Å². The minimum atomic E-state index is -0.302. The zero-order chi connectivity index (χ0) is 17.1. The number of hydrogen-bond acceptors (Lipinski definition) is 4. The topological polar surface area (TPSA) is 84.9 Å². The number of aromatic nitrogens is 2. The van der Waals surface area contributed by atoms with Crippen LogP contribution >= 0.6 is 22.6 Å². The van der Waals surface area contributed by atoms with Gasteiger partial charge in [-0.25, -0.2) is 4.98 Å². The first-order chi connectivity index (χ1) is 11.5. The lowest BCUT2D eigenvalue weighted by molar-refractivity contribution is 0.0970. The Kier molecular flexibility index (Phi) is 5.30. The summed E-state index contributed by atoms with van der Waals surface area (Å²) in [6.45, 7) is 4.73. The molecule has 1 aromatic carbocycles. The molecule has 3 N–H and O–H groups in total. The number of nitrogens with one attached hydrogen (secondary N) is 3. The van der Waals surface area contributed by atoms with Crippen LogP contribution in [0.5, 0.6) is 0 Å². The average molecular weight is 437 g/mol. The monoisotopic (exact) mass is 437 g/mol. The van der Waals surface area contributed by atoms with Crippen molar-refractivity contribution in [1.29, 1.82) is 5.41 Å². The molecule has 0 aliphatic carbocycles. The fourth-order valence-electron chi connectivity index (χ4n) is 3.11. The van der Waals surface area contributed by atoms with Crippen LogP contribution in [0.25, 0.3) is 0 Å². The van der Waals surface area contributed by atoms with Gasteiger partial charge >= 0.3 is 0 Å².